The van der Waals surface area contributed by atoms with E-state index in [4.69, 9.17) is 4.42 Å². The van der Waals surface area contributed by atoms with Crippen LogP contribution in [0, 0.1) is 10.1 Å². The van der Waals surface area contributed by atoms with Crippen LogP contribution in [0.5, 0.6) is 0 Å². The Morgan fingerprint density at radius 1 is 1.36 bits per heavy atom. The second-order valence-electron chi connectivity index (χ2n) is 5.27. The molecule has 1 aromatic carbocycles. The molecule has 1 aromatic heterocycles. The number of nitro benzene ring substituents is 1. The molecule has 8 heteroatoms. The fraction of sp³-hybridized carbons (Fsp3) is 0.429. The van der Waals surface area contributed by atoms with Gasteiger partial charge in [-0.25, -0.2) is 4.79 Å². The zero-order valence-electron chi connectivity index (χ0n) is 11.9. The molecular formula is C14H15N3O5. The van der Waals surface area contributed by atoms with Crippen molar-refractivity contribution in [1.29, 1.82) is 0 Å². The molecule has 116 valence electrons. The molecule has 0 bridgehead atoms. The van der Waals surface area contributed by atoms with Crippen molar-refractivity contribution in [3.63, 3.8) is 0 Å². The Kier molecular flexibility index (Phi) is 3.66. The number of non-ortho nitro benzene ring substituents is 1. The van der Waals surface area contributed by atoms with E-state index in [9.17, 15) is 19.7 Å². The highest BCUT2D eigenvalue weighted by atomic mass is 16.6. The summed E-state index contributed by atoms with van der Waals surface area (Å²) in [6.45, 7) is 1.98. The second kappa shape index (κ2) is 5.63. The maximum absolute atomic E-state index is 11.8. The highest BCUT2D eigenvalue weighted by Gasteiger charge is 2.20. The molecule has 0 unspecified atom stereocenters. The van der Waals surface area contributed by atoms with Crippen molar-refractivity contribution in [1.82, 2.24) is 9.47 Å². The van der Waals surface area contributed by atoms with Gasteiger partial charge in [0, 0.05) is 32.1 Å². The van der Waals surface area contributed by atoms with Crippen LogP contribution in [0.1, 0.15) is 19.3 Å². The van der Waals surface area contributed by atoms with Gasteiger partial charge in [-0.15, -0.1) is 0 Å². The Morgan fingerprint density at radius 3 is 2.77 bits per heavy atom. The minimum absolute atomic E-state index is 0.0998. The lowest BCUT2D eigenvalue weighted by molar-refractivity contribution is -0.384. The zero-order chi connectivity index (χ0) is 15.7. The number of carbonyl (C=O) groups is 1. The standard InChI is InChI=1S/C14H15N3O5/c18-13(15-6-2-7-15)3-1-8-16-11-5-4-10(17(20)21)9-12(11)22-14(16)19/h4-5,9H,1-3,6-8H2. The monoisotopic (exact) mass is 305 g/mol. The fourth-order valence-electron chi connectivity index (χ4n) is 2.49. The number of carbonyl (C=O) groups excluding carboxylic acids is 1. The summed E-state index contributed by atoms with van der Waals surface area (Å²) in [5.74, 6) is -0.463. The first-order valence-corrected chi connectivity index (χ1v) is 7.12. The number of nitrogens with zero attached hydrogens (tertiary/aromatic N) is 3. The van der Waals surface area contributed by atoms with E-state index >= 15 is 0 Å². The average molecular weight is 305 g/mol. The van der Waals surface area contributed by atoms with E-state index in [0.29, 0.717) is 24.9 Å². The highest BCUT2D eigenvalue weighted by molar-refractivity contribution is 5.77. The quantitative estimate of drug-likeness (QED) is 0.616. The van der Waals surface area contributed by atoms with Gasteiger partial charge in [0.25, 0.3) is 5.69 Å². The molecule has 0 radical (unpaired) electrons. The third-order valence-electron chi connectivity index (χ3n) is 3.84. The van der Waals surface area contributed by atoms with Gasteiger partial charge in [0.05, 0.1) is 16.5 Å². The van der Waals surface area contributed by atoms with Gasteiger partial charge in [0.1, 0.15) is 0 Å². The van der Waals surface area contributed by atoms with Gasteiger partial charge < -0.3 is 9.32 Å². The number of likely N-dealkylation sites (tertiary alicyclic amines) is 1. The molecule has 8 nitrogen and oxygen atoms in total. The number of nitro groups is 1. The molecular weight excluding hydrogens is 290 g/mol. The van der Waals surface area contributed by atoms with Crippen molar-refractivity contribution in [2.75, 3.05) is 13.1 Å². The molecule has 0 spiro atoms. The molecule has 0 N–H and O–H groups in total. The lowest BCUT2D eigenvalue weighted by Gasteiger charge is -2.30. The van der Waals surface area contributed by atoms with Gasteiger partial charge in [-0.1, -0.05) is 0 Å². The molecule has 1 amide bonds. The van der Waals surface area contributed by atoms with Crippen molar-refractivity contribution in [2.45, 2.75) is 25.8 Å². The summed E-state index contributed by atoms with van der Waals surface area (Å²) < 4.78 is 6.44. The van der Waals surface area contributed by atoms with Gasteiger partial charge in [0.15, 0.2) is 5.58 Å². The smallest absolute Gasteiger partial charge is 0.407 e. The first-order valence-electron chi connectivity index (χ1n) is 7.12. The summed E-state index contributed by atoms with van der Waals surface area (Å²) in [5, 5.41) is 10.7. The lowest BCUT2D eigenvalue weighted by Crippen LogP contribution is -2.42. The predicted molar refractivity (Wildman–Crippen MR) is 77.6 cm³/mol. The number of hydrogen-bond donors (Lipinski definition) is 0. The van der Waals surface area contributed by atoms with E-state index in [2.05, 4.69) is 0 Å². The maximum Gasteiger partial charge on any atom is 0.419 e. The Balaban J connectivity index is 1.73. The minimum Gasteiger partial charge on any atom is -0.407 e. The highest BCUT2D eigenvalue weighted by Crippen LogP contribution is 2.20. The van der Waals surface area contributed by atoms with Gasteiger partial charge in [-0.05, 0) is 18.9 Å². The summed E-state index contributed by atoms with van der Waals surface area (Å²) in [4.78, 5) is 35.6. The van der Waals surface area contributed by atoms with Crippen molar-refractivity contribution < 1.29 is 14.1 Å². The summed E-state index contributed by atoms with van der Waals surface area (Å²) in [6, 6.07) is 4.06. The molecule has 2 aromatic rings. The van der Waals surface area contributed by atoms with E-state index in [0.717, 1.165) is 19.5 Å². The number of benzene rings is 1. The Morgan fingerprint density at radius 2 is 2.14 bits per heavy atom. The molecule has 1 aliphatic heterocycles. The second-order valence-corrected chi connectivity index (χ2v) is 5.27. The fourth-order valence-corrected chi connectivity index (χ4v) is 2.49. The molecule has 0 saturated carbocycles. The van der Waals surface area contributed by atoms with Crippen molar-refractivity contribution in [2.24, 2.45) is 0 Å². The molecule has 22 heavy (non-hydrogen) atoms. The first-order chi connectivity index (χ1) is 10.6. The Bertz CT molecular complexity index is 787. The number of amides is 1. The largest absolute Gasteiger partial charge is 0.419 e. The van der Waals surface area contributed by atoms with Crippen LogP contribution in [-0.4, -0.2) is 33.4 Å². The summed E-state index contributed by atoms with van der Waals surface area (Å²) in [7, 11) is 0. The van der Waals surface area contributed by atoms with Crippen molar-refractivity contribution in [3.8, 4) is 0 Å². The van der Waals surface area contributed by atoms with Gasteiger partial charge >= 0.3 is 5.76 Å². The third kappa shape index (κ3) is 2.59. The molecule has 2 heterocycles. The van der Waals surface area contributed by atoms with Crippen LogP contribution < -0.4 is 5.76 Å². The van der Waals surface area contributed by atoms with Crippen molar-refractivity contribution in [3.05, 3.63) is 38.9 Å². The molecule has 0 aliphatic carbocycles. The number of oxazole rings is 1. The van der Waals surface area contributed by atoms with Gasteiger partial charge in [-0.2, -0.15) is 0 Å². The van der Waals surface area contributed by atoms with Crippen LogP contribution >= 0.6 is 0 Å². The van der Waals surface area contributed by atoms with Gasteiger partial charge in [-0.3, -0.25) is 19.5 Å². The maximum atomic E-state index is 11.8. The van der Waals surface area contributed by atoms with E-state index in [1.807, 2.05) is 0 Å². The van der Waals surface area contributed by atoms with Gasteiger partial charge in [0.2, 0.25) is 5.91 Å². The zero-order valence-corrected chi connectivity index (χ0v) is 11.9. The summed E-state index contributed by atoms with van der Waals surface area (Å²) >= 11 is 0. The summed E-state index contributed by atoms with van der Waals surface area (Å²) in [5.41, 5.74) is 0.571. The number of rotatable bonds is 5. The number of aromatic nitrogens is 1. The number of hydrogen-bond acceptors (Lipinski definition) is 5. The van der Waals surface area contributed by atoms with Crippen molar-refractivity contribution >= 4 is 22.7 Å². The minimum atomic E-state index is -0.563. The molecule has 1 aliphatic rings. The lowest BCUT2D eigenvalue weighted by atomic mass is 10.2. The van der Waals surface area contributed by atoms with Crippen LogP contribution in [0.15, 0.2) is 27.4 Å². The van der Waals surface area contributed by atoms with E-state index in [1.54, 1.807) is 4.90 Å². The van der Waals surface area contributed by atoms with Crippen LogP contribution in [0.3, 0.4) is 0 Å². The SMILES string of the molecule is O=C(CCCn1c(=O)oc2cc([N+](=O)[O-])ccc21)N1CCC1. The predicted octanol–water partition coefficient (Wildman–Crippen LogP) is 1.52. The van der Waals surface area contributed by atoms with Crippen LogP contribution in [-0.2, 0) is 11.3 Å². The Labute approximate surface area is 125 Å². The first kappa shape index (κ1) is 14.3. The van der Waals surface area contributed by atoms with Crippen LogP contribution in [0.4, 0.5) is 5.69 Å². The molecule has 3 rings (SSSR count). The van der Waals surface area contributed by atoms with E-state index in [-0.39, 0.29) is 17.2 Å². The Hall–Kier alpha value is -2.64. The van der Waals surface area contributed by atoms with E-state index < -0.39 is 10.7 Å². The normalized spacial score (nSPS) is 14.1. The number of fused-ring (bicyclic) bond motifs is 1. The third-order valence-corrected chi connectivity index (χ3v) is 3.84. The van der Waals surface area contributed by atoms with E-state index in [1.165, 1.54) is 22.8 Å². The van der Waals surface area contributed by atoms with Crippen LogP contribution in [0.2, 0.25) is 0 Å². The molecule has 1 saturated heterocycles. The van der Waals surface area contributed by atoms with Crippen LogP contribution in [0.25, 0.3) is 11.1 Å². The molecule has 0 atom stereocenters. The topological polar surface area (TPSA) is 98.6 Å². The molecule has 1 fully saturated rings. The number of aryl methyl sites for hydroxylation is 1. The summed E-state index contributed by atoms with van der Waals surface area (Å²) in [6.07, 6.45) is 1.96. The average Bonchev–Trinajstić information content (AvgIpc) is 2.72.